The maximum absolute atomic E-state index is 15.4. The second kappa shape index (κ2) is 8.61. The molecule has 1 fully saturated rings. The first-order chi connectivity index (χ1) is 14.9. The van der Waals surface area contributed by atoms with Crippen molar-refractivity contribution in [3.8, 4) is 16.9 Å². The first-order valence-corrected chi connectivity index (χ1v) is 10.2. The van der Waals surface area contributed by atoms with Crippen LogP contribution in [0.15, 0.2) is 49.2 Å². The summed E-state index contributed by atoms with van der Waals surface area (Å²) in [5, 5.41) is 13.9. The molecule has 0 spiro atoms. The van der Waals surface area contributed by atoms with E-state index in [1.54, 1.807) is 6.07 Å². The maximum atomic E-state index is 15.4. The minimum absolute atomic E-state index is 0.0174. The number of fused-ring (bicyclic) bond motifs is 1. The van der Waals surface area contributed by atoms with Gasteiger partial charge in [-0.1, -0.05) is 24.2 Å². The van der Waals surface area contributed by atoms with Crippen molar-refractivity contribution in [2.75, 3.05) is 25.0 Å². The van der Waals surface area contributed by atoms with Crippen LogP contribution in [-0.4, -0.2) is 46.4 Å². The van der Waals surface area contributed by atoms with Crippen molar-refractivity contribution < 1.29 is 18.7 Å². The molecular weight excluding hydrogens is 424 g/mol. The van der Waals surface area contributed by atoms with E-state index in [4.69, 9.17) is 11.6 Å². The van der Waals surface area contributed by atoms with Gasteiger partial charge >= 0.3 is 0 Å². The lowest BCUT2D eigenvalue weighted by atomic mass is 10.00. The monoisotopic (exact) mass is 443 g/mol. The van der Waals surface area contributed by atoms with Crippen LogP contribution >= 0.6 is 11.6 Å². The lowest BCUT2D eigenvalue weighted by molar-refractivity contribution is -0.115. The van der Waals surface area contributed by atoms with E-state index in [-0.39, 0.29) is 33.5 Å². The Hall–Kier alpha value is -3.03. The number of halogens is 3. The molecule has 4 rings (SSSR count). The van der Waals surface area contributed by atoms with E-state index in [1.165, 1.54) is 30.5 Å². The third-order valence-electron chi connectivity index (χ3n) is 5.41. The Bertz CT molecular complexity index is 1160. The maximum Gasteiger partial charge on any atom is 0.169 e. The second-order valence-corrected chi connectivity index (χ2v) is 7.88. The number of aromatic nitrogens is 1. The van der Waals surface area contributed by atoms with Gasteiger partial charge in [0.05, 0.1) is 17.1 Å². The Morgan fingerprint density at radius 3 is 2.90 bits per heavy atom. The van der Waals surface area contributed by atoms with Crippen LogP contribution in [0.3, 0.4) is 0 Å². The molecule has 1 unspecified atom stereocenters. The minimum atomic E-state index is -0.809. The fourth-order valence-corrected chi connectivity index (χ4v) is 4.22. The Labute approximate surface area is 183 Å². The van der Waals surface area contributed by atoms with E-state index < -0.39 is 17.4 Å². The van der Waals surface area contributed by atoms with Crippen molar-refractivity contribution in [2.24, 2.45) is 0 Å². The van der Waals surface area contributed by atoms with Gasteiger partial charge < -0.3 is 10.4 Å². The third kappa shape index (κ3) is 4.11. The summed E-state index contributed by atoms with van der Waals surface area (Å²) < 4.78 is 29.8. The largest absolute Gasteiger partial charge is 0.507 e. The lowest BCUT2D eigenvalue weighted by Gasteiger charge is -2.18. The topological polar surface area (TPSA) is 65.5 Å². The molecule has 0 saturated carbocycles. The molecule has 1 atom stereocenters. The number of anilines is 1. The van der Waals surface area contributed by atoms with Gasteiger partial charge in [-0.05, 0) is 36.8 Å². The summed E-state index contributed by atoms with van der Waals surface area (Å²) in [6.45, 7) is 5.22. The molecular formula is C23H20ClF2N3O2. The molecule has 0 amide bonds. The summed E-state index contributed by atoms with van der Waals surface area (Å²) >= 11 is 6.34. The van der Waals surface area contributed by atoms with Crippen molar-refractivity contribution in [3.63, 3.8) is 0 Å². The van der Waals surface area contributed by atoms with Crippen molar-refractivity contribution in [1.82, 2.24) is 9.88 Å². The average Bonchev–Trinajstić information content (AvgIpc) is 3.17. The van der Waals surface area contributed by atoms with Gasteiger partial charge in [-0.25, -0.2) is 8.78 Å². The molecule has 2 aromatic carbocycles. The molecule has 5 nitrogen and oxygen atoms in total. The van der Waals surface area contributed by atoms with Crippen LogP contribution < -0.4 is 5.32 Å². The number of rotatable bonds is 6. The molecule has 0 bridgehead atoms. The number of nitrogens with one attached hydrogen (secondary N) is 1. The first kappa shape index (κ1) is 21.2. The standard InChI is InChI=1S/C23H20ClF2N3O2/c1-2-14(30)12-29-9-7-13(11-29)28-18-6-8-27-23-15(18)10-16(24)20(22(23)26)21-17(25)4-3-5-19(21)31/h2-6,8,10,13,31H,1,7,9,11-12H2,(H,27,28). The Morgan fingerprint density at radius 1 is 1.35 bits per heavy atom. The van der Waals surface area contributed by atoms with Crippen LogP contribution in [0.25, 0.3) is 22.0 Å². The van der Waals surface area contributed by atoms with Crippen LogP contribution in [0.1, 0.15) is 6.42 Å². The molecule has 160 valence electrons. The van der Waals surface area contributed by atoms with E-state index in [9.17, 15) is 14.3 Å². The fraction of sp³-hybridized carbons (Fsp3) is 0.217. The molecule has 1 aliphatic rings. The van der Waals surface area contributed by atoms with Gasteiger partial charge in [0.15, 0.2) is 11.6 Å². The van der Waals surface area contributed by atoms with Crippen LogP contribution in [-0.2, 0) is 4.79 Å². The molecule has 0 aliphatic carbocycles. The molecule has 1 saturated heterocycles. The van der Waals surface area contributed by atoms with Gasteiger partial charge in [0, 0.05) is 42.0 Å². The molecule has 3 aromatic rings. The van der Waals surface area contributed by atoms with Gasteiger partial charge in [0.1, 0.15) is 17.1 Å². The summed E-state index contributed by atoms with van der Waals surface area (Å²) in [6.07, 6.45) is 3.58. The molecule has 1 aromatic heterocycles. The highest BCUT2D eigenvalue weighted by Crippen LogP contribution is 2.42. The molecule has 2 heterocycles. The molecule has 1 aliphatic heterocycles. The Kier molecular flexibility index (Phi) is 5.89. The molecule has 2 N–H and O–H groups in total. The second-order valence-electron chi connectivity index (χ2n) is 7.47. The molecule has 0 radical (unpaired) electrons. The van der Waals surface area contributed by atoms with Crippen molar-refractivity contribution in [3.05, 3.63) is 65.8 Å². The molecule has 31 heavy (non-hydrogen) atoms. The number of benzene rings is 2. The highest BCUT2D eigenvalue weighted by atomic mass is 35.5. The fourth-order valence-electron chi connectivity index (χ4n) is 3.93. The van der Waals surface area contributed by atoms with Crippen LogP contribution in [0.2, 0.25) is 5.02 Å². The summed E-state index contributed by atoms with van der Waals surface area (Å²) in [5.41, 5.74) is 0.121. The van der Waals surface area contributed by atoms with E-state index in [0.717, 1.165) is 19.0 Å². The average molecular weight is 444 g/mol. The number of aromatic hydroxyl groups is 1. The summed E-state index contributed by atoms with van der Waals surface area (Å²) in [6, 6.07) is 7.02. The minimum Gasteiger partial charge on any atom is -0.507 e. The lowest BCUT2D eigenvalue weighted by Crippen LogP contribution is -2.30. The van der Waals surface area contributed by atoms with Gasteiger partial charge in [-0.15, -0.1) is 0 Å². The zero-order chi connectivity index (χ0) is 22.1. The highest BCUT2D eigenvalue weighted by molar-refractivity contribution is 6.34. The number of likely N-dealkylation sites (tertiary alicyclic amines) is 1. The van der Waals surface area contributed by atoms with Crippen molar-refractivity contribution in [2.45, 2.75) is 12.5 Å². The Morgan fingerprint density at radius 2 is 2.16 bits per heavy atom. The number of phenolic OH excluding ortho intramolecular Hbond substituents is 1. The molecule has 8 heteroatoms. The Balaban J connectivity index is 1.69. The summed E-state index contributed by atoms with van der Waals surface area (Å²) in [7, 11) is 0. The van der Waals surface area contributed by atoms with E-state index in [2.05, 4.69) is 16.9 Å². The quantitative estimate of drug-likeness (QED) is 0.537. The first-order valence-electron chi connectivity index (χ1n) is 9.77. The number of hydrogen-bond donors (Lipinski definition) is 2. The van der Waals surface area contributed by atoms with Crippen LogP contribution in [0.4, 0.5) is 14.5 Å². The predicted molar refractivity (Wildman–Crippen MR) is 117 cm³/mol. The number of carbonyl (C=O) groups excluding carboxylic acids is 1. The smallest absolute Gasteiger partial charge is 0.169 e. The van der Waals surface area contributed by atoms with Gasteiger partial charge in [0.2, 0.25) is 0 Å². The number of nitrogens with zero attached hydrogens (tertiary/aromatic N) is 2. The van der Waals surface area contributed by atoms with Gasteiger partial charge in [0.25, 0.3) is 0 Å². The van der Waals surface area contributed by atoms with Gasteiger partial charge in [-0.2, -0.15) is 0 Å². The van der Waals surface area contributed by atoms with Gasteiger partial charge in [-0.3, -0.25) is 14.7 Å². The highest BCUT2D eigenvalue weighted by Gasteiger charge is 2.25. The number of carbonyl (C=O) groups is 1. The predicted octanol–water partition coefficient (Wildman–Crippen LogP) is 4.78. The number of ketones is 1. The van der Waals surface area contributed by atoms with E-state index in [0.29, 0.717) is 24.2 Å². The normalized spacial score (nSPS) is 16.5. The third-order valence-corrected chi connectivity index (χ3v) is 5.71. The van der Waals surface area contributed by atoms with E-state index in [1.807, 2.05) is 4.90 Å². The SMILES string of the molecule is C=CC(=O)CN1CCC(Nc2ccnc3c(F)c(-c4c(O)cccc4F)c(Cl)cc23)C1. The van der Waals surface area contributed by atoms with E-state index >= 15 is 4.39 Å². The summed E-state index contributed by atoms with van der Waals surface area (Å²) in [5.74, 6) is -2.03. The zero-order valence-corrected chi connectivity index (χ0v) is 17.3. The van der Waals surface area contributed by atoms with Crippen molar-refractivity contribution in [1.29, 1.82) is 0 Å². The van der Waals surface area contributed by atoms with Crippen LogP contribution in [0.5, 0.6) is 5.75 Å². The number of pyridine rings is 1. The number of hydrogen-bond acceptors (Lipinski definition) is 5. The van der Waals surface area contributed by atoms with Crippen molar-refractivity contribution >= 4 is 34.0 Å². The van der Waals surface area contributed by atoms with Crippen LogP contribution in [0, 0.1) is 11.6 Å². The number of phenols is 1. The summed E-state index contributed by atoms with van der Waals surface area (Å²) in [4.78, 5) is 17.7. The zero-order valence-electron chi connectivity index (χ0n) is 16.5.